The molecule has 4 nitrogen and oxygen atoms in total. The molecule has 0 aliphatic heterocycles. The Balaban J connectivity index is 1.84. The van der Waals surface area contributed by atoms with Crippen molar-refractivity contribution in [1.29, 1.82) is 0 Å². The monoisotopic (exact) mass is 262 g/mol. The van der Waals surface area contributed by atoms with Crippen molar-refractivity contribution in [3.05, 3.63) is 40.9 Å². The van der Waals surface area contributed by atoms with Crippen LogP contribution in [0.15, 0.2) is 24.5 Å². The maximum atomic E-state index is 5.79. The van der Waals surface area contributed by atoms with E-state index in [4.69, 9.17) is 11.6 Å². The maximum Gasteiger partial charge on any atom is 0.129 e. The molecule has 0 radical (unpaired) electrons. The Labute approximate surface area is 111 Å². The Morgan fingerprint density at radius 1 is 1.39 bits per heavy atom. The van der Waals surface area contributed by atoms with Crippen LogP contribution in [-0.2, 0) is 13.5 Å². The third kappa shape index (κ3) is 2.08. The van der Waals surface area contributed by atoms with Gasteiger partial charge in [-0.15, -0.1) is 0 Å². The van der Waals surface area contributed by atoms with Gasteiger partial charge in [0.2, 0.25) is 0 Å². The topological polar surface area (TPSA) is 42.7 Å². The van der Waals surface area contributed by atoms with E-state index in [0.717, 1.165) is 18.5 Å². The second-order valence-electron chi connectivity index (χ2n) is 4.63. The number of aryl methyl sites for hydroxylation is 1. The number of hydrogen-bond donors (Lipinski definition) is 1. The molecule has 2 aromatic rings. The molecule has 0 bridgehead atoms. The standard InChI is InChI=1S/C13H15ClN4/c1-18-12-4-2-3-11(10(12)8-16-18)17-9-5-6-13(14)15-7-9/h5-8,11,17H,2-4H2,1H3. The molecule has 0 aromatic carbocycles. The Bertz CT molecular complexity index is 547. The fourth-order valence-corrected chi connectivity index (χ4v) is 2.63. The predicted octanol–water partition coefficient (Wildman–Crippen LogP) is 2.96. The van der Waals surface area contributed by atoms with Gasteiger partial charge < -0.3 is 5.32 Å². The van der Waals surface area contributed by atoms with Gasteiger partial charge in [0.15, 0.2) is 0 Å². The number of nitrogens with one attached hydrogen (secondary N) is 1. The summed E-state index contributed by atoms with van der Waals surface area (Å²) in [6.45, 7) is 0. The van der Waals surface area contributed by atoms with E-state index < -0.39 is 0 Å². The fourth-order valence-electron chi connectivity index (χ4n) is 2.52. The Hall–Kier alpha value is -1.55. The third-order valence-electron chi connectivity index (χ3n) is 3.44. The van der Waals surface area contributed by atoms with Gasteiger partial charge in [0.05, 0.1) is 24.1 Å². The van der Waals surface area contributed by atoms with Gasteiger partial charge in [-0.1, -0.05) is 11.6 Å². The fraction of sp³-hybridized carbons (Fsp3) is 0.385. The van der Waals surface area contributed by atoms with Gasteiger partial charge in [0.1, 0.15) is 5.15 Å². The lowest BCUT2D eigenvalue weighted by molar-refractivity contribution is 0.571. The molecule has 1 aliphatic rings. The number of hydrogen-bond acceptors (Lipinski definition) is 3. The van der Waals surface area contributed by atoms with Gasteiger partial charge in [-0.2, -0.15) is 5.10 Å². The van der Waals surface area contributed by atoms with E-state index in [0.29, 0.717) is 11.2 Å². The largest absolute Gasteiger partial charge is 0.377 e. The Kier molecular flexibility index (Phi) is 2.96. The number of aromatic nitrogens is 3. The first-order chi connectivity index (χ1) is 8.74. The van der Waals surface area contributed by atoms with Gasteiger partial charge in [0, 0.05) is 18.3 Å². The number of nitrogens with zero attached hydrogens (tertiary/aromatic N) is 3. The molecule has 3 rings (SSSR count). The van der Waals surface area contributed by atoms with Crippen molar-refractivity contribution in [2.45, 2.75) is 25.3 Å². The SMILES string of the molecule is Cn1ncc2c1CCCC2Nc1ccc(Cl)nc1. The summed E-state index contributed by atoms with van der Waals surface area (Å²) in [5, 5.41) is 8.37. The van der Waals surface area contributed by atoms with E-state index in [1.807, 2.05) is 24.0 Å². The van der Waals surface area contributed by atoms with Gasteiger partial charge in [0.25, 0.3) is 0 Å². The number of anilines is 1. The van der Waals surface area contributed by atoms with Crippen molar-refractivity contribution in [2.75, 3.05) is 5.32 Å². The summed E-state index contributed by atoms with van der Waals surface area (Å²) in [7, 11) is 2.01. The minimum atomic E-state index is 0.324. The van der Waals surface area contributed by atoms with Crippen molar-refractivity contribution < 1.29 is 0 Å². The van der Waals surface area contributed by atoms with Crippen LogP contribution in [0.2, 0.25) is 5.15 Å². The van der Waals surface area contributed by atoms with E-state index in [2.05, 4.69) is 15.4 Å². The predicted molar refractivity (Wildman–Crippen MR) is 71.8 cm³/mol. The van der Waals surface area contributed by atoms with E-state index in [1.165, 1.54) is 17.7 Å². The second-order valence-corrected chi connectivity index (χ2v) is 5.02. The number of rotatable bonds is 2. The molecule has 0 amide bonds. The van der Waals surface area contributed by atoms with Crippen LogP contribution in [0, 0.1) is 0 Å². The summed E-state index contributed by atoms with van der Waals surface area (Å²) in [5.74, 6) is 0. The van der Waals surface area contributed by atoms with E-state index in [9.17, 15) is 0 Å². The minimum absolute atomic E-state index is 0.324. The highest BCUT2D eigenvalue weighted by molar-refractivity contribution is 6.29. The summed E-state index contributed by atoms with van der Waals surface area (Å²) in [5.41, 5.74) is 3.64. The maximum absolute atomic E-state index is 5.79. The lowest BCUT2D eigenvalue weighted by Gasteiger charge is -2.24. The third-order valence-corrected chi connectivity index (χ3v) is 3.67. The average Bonchev–Trinajstić information content (AvgIpc) is 2.76. The van der Waals surface area contributed by atoms with Crippen LogP contribution in [0.4, 0.5) is 5.69 Å². The van der Waals surface area contributed by atoms with Crippen LogP contribution in [0.5, 0.6) is 0 Å². The smallest absolute Gasteiger partial charge is 0.129 e. The zero-order chi connectivity index (χ0) is 12.5. The average molecular weight is 263 g/mol. The molecule has 1 N–H and O–H groups in total. The highest BCUT2D eigenvalue weighted by atomic mass is 35.5. The molecule has 0 fully saturated rings. The van der Waals surface area contributed by atoms with Gasteiger partial charge in [-0.05, 0) is 31.4 Å². The van der Waals surface area contributed by atoms with Crippen LogP contribution < -0.4 is 5.32 Å². The van der Waals surface area contributed by atoms with Crippen molar-refractivity contribution >= 4 is 17.3 Å². The zero-order valence-electron chi connectivity index (χ0n) is 10.2. The molecule has 0 spiro atoms. The van der Waals surface area contributed by atoms with Gasteiger partial charge in [-0.3, -0.25) is 4.68 Å². The van der Waals surface area contributed by atoms with E-state index >= 15 is 0 Å². The second kappa shape index (κ2) is 4.61. The molecule has 94 valence electrons. The van der Waals surface area contributed by atoms with Gasteiger partial charge in [-0.25, -0.2) is 4.98 Å². The normalized spacial score (nSPS) is 18.4. The summed E-state index contributed by atoms with van der Waals surface area (Å²) in [6, 6.07) is 4.09. The first kappa shape index (κ1) is 11.5. The summed E-state index contributed by atoms with van der Waals surface area (Å²) in [4.78, 5) is 4.09. The van der Waals surface area contributed by atoms with Crippen molar-refractivity contribution in [3.63, 3.8) is 0 Å². The number of halogens is 1. The molecule has 1 unspecified atom stereocenters. The lowest BCUT2D eigenvalue weighted by Crippen LogP contribution is -2.17. The molecular formula is C13H15ClN4. The molecular weight excluding hydrogens is 248 g/mol. The molecule has 0 saturated carbocycles. The minimum Gasteiger partial charge on any atom is -0.377 e. The molecule has 2 heterocycles. The first-order valence-electron chi connectivity index (χ1n) is 6.13. The molecule has 5 heteroatoms. The molecule has 2 aromatic heterocycles. The lowest BCUT2D eigenvalue weighted by atomic mass is 9.93. The van der Waals surface area contributed by atoms with Crippen LogP contribution >= 0.6 is 11.6 Å². The molecule has 0 saturated heterocycles. The quantitative estimate of drug-likeness (QED) is 0.846. The first-order valence-corrected chi connectivity index (χ1v) is 6.50. The van der Waals surface area contributed by atoms with Crippen LogP contribution in [0.25, 0.3) is 0 Å². The Morgan fingerprint density at radius 3 is 3.06 bits per heavy atom. The number of pyridine rings is 1. The summed E-state index contributed by atoms with van der Waals surface area (Å²) in [6.07, 6.45) is 7.16. The van der Waals surface area contributed by atoms with Crippen molar-refractivity contribution in [3.8, 4) is 0 Å². The van der Waals surface area contributed by atoms with Crippen LogP contribution in [0.1, 0.15) is 30.1 Å². The highest BCUT2D eigenvalue weighted by Crippen LogP contribution is 2.31. The Morgan fingerprint density at radius 2 is 2.28 bits per heavy atom. The summed E-state index contributed by atoms with van der Waals surface area (Å²) < 4.78 is 1.98. The van der Waals surface area contributed by atoms with Crippen LogP contribution in [0.3, 0.4) is 0 Å². The highest BCUT2D eigenvalue weighted by Gasteiger charge is 2.23. The van der Waals surface area contributed by atoms with Crippen LogP contribution in [-0.4, -0.2) is 14.8 Å². The summed E-state index contributed by atoms with van der Waals surface area (Å²) >= 11 is 5.79. The molecule has 1 atom stereocenters. The molecule has 1 aliphatic carbocycles. The van der Waals surface area contributed by atoms with Crippen molar-refractivity contribution in [2.24, 2.45) is 7.05 Å². The van der Waals surface area contributed by atoms with E-state index in [1.54, 1.807) is 12.3 Å². The van der Waals surface area contributed by atoms with Gasteiger partial charge >= 0.3 is 0 Å². The van der Waals surface area contributed by atoms with Crippen molar-refractivity contribution in [1.82, 2.24) is 14.8 Å². The molecule has 18 heavy (non-hydrogen) atoms. The van der Waals surface area contributed by atoms with E-state index in [-0.39, 0.29) is 0 Å². The zero-order valence-corrected chi connectivity index (χ0v) is 11.0. The number of fused-ring (bicyclic) bond motifs is 1.